The van der Waals surface area contributed by atoms with Gasteiger partial charge in [0.05, 0.1) is 0 Å². The molecule has 0 fully saturated rings. The molecular weight excluding hydrogens is 256 g/mol. The Balaban J connectivity index is 1.97. The Kier molecular flexibility index (Phi) is 4.87. The van der Waals surface area contributed by atoms with Crippen molar-refractivity contribution in [2.45, 2.75) is 32.4 Å². The zero-order valence-corrected chi connectivity index (χ0v) is 12.2. The Hall–Kier alpha value is -1.46. The Morgan fingerprint density at radius 2 is 2.05 bits per heavy atom. The minimum Gasteiger partial charge on any atom is -0.340 e. The van der Waals surface area contributed by atoms with Gasteiger partial charge in [-0.2, -0.15) is 11.3 Å². The summed E-state index contributed by atoms with van der Waals surface area (Å²) in [5, 5.41) is 4.23. The van der Waals surface area contributed by atoms with E-state index in [0.717, 1.165) is 30.9 Å². The van der Waals surface area contributed by atoms with Gasteiger partial charge in [-0.25, -0.2) is 9.97 Å². The lowest BCUT2D eigenvalue weighted by molar-refractivity contribution is 0.643. The number of nitrogens with two attached hydrogens (primary N) is 1. The lowest BCUT2D eigenvalue weighted by Crippen LogP contribution is -2.22. The van der Waals surface area contributed by atoms with Crippen molar-refractivity contribution >= 4 is 17.3 Å². The number of hydrogen-bond acceptors (Lipinski definition) is 5. The van der Waals surface area contributed by atoms with Crippen molar-refractivity contribution in [3.8, 4) is 0 Å². The van der Waals surface area contributed by atoms with Crippen LogP contribution in [0.1, 0.15) is 24.5 Å². The molecule has 0 aliphatic heterocycles. The molecule has 1 atom stereocenters. The first-order valence-corrected chi connectivity index (χ1v) is 7.42. The minimum absolute atomic E-state index is 0.193. The van der Waals surface area contributed by atoms with Crippen LogP contribution in [0.3, 0.4) is 0 Å². The fraction of sp³-hybridized carbons (Fsp3) is 0.429. The molecular formula is C14H20N4S. The molecule has 102 valence electrons. The van der Waals surface area contributed by atoms with Crippen LogP contribution in [-0.2, 0) is 13.0 Å². The van der Waals surface area contributed by atoms with Crippen LogP contribution < -0.4 is 10.6 Å². The second-order valence-corrected chi connectivity index (χ2v) is 5.53. The van der Waals surface area contributed by atoms with Crippen molar-refractivity contribution in [3.05, 3.63) is 40.3 Å². The predicted octanol–water partition coefficient (Wildman–Crippen LogP) is 2.45. The molecule has 0 aliphatic rings. The molecule has 2 aromatic heterocycles. The molecule has 2 aromatic rings. The summed E-state index contributed by atoms with van der Waals surface area (Å²) >= 11 is 1.71. The van der Waals surface area contributed by atoms with E-state index in [0.29, 0.717) is 0 Å². The van der Waals surface area contributed by atoms with Crippen LogP contribution in [0.2, 0.25) is 0 Å². The largest absolute Gasteiger partial charge is 0.340 e. The van der Waals surface area contributed by atoms with E-state index in [-0.39, 0.29) is 6.04 Å². The molecule has 2 rings (SSSR count). The fourth-order valence-corrected chi connectivity index (χ4v) is 2.48. The van der Waals surface area contributed by atoms with Crippen LogP contribution in [0.25, 0.3) is 0 Å². The van der Waals surface area contributed by atoms with E-state index >= 15 is 0 Å². The summed E-state index contributed by atoms with van der Waals surface area (Å²) in [5.74, 6) is 0.750. The van der Waals surface area contributed by atoms with Gasteiger partial charge in [-0.05, 0) is 40.8 Å². The summed E-state index contributed by atoms with van der Waals surface area (Å²) in [6, 6.07) is 2.31. The van der Waals surface area contributed by atoms with Gasteiger partial charge in [0, 0.05) is 32.0 Å². The van der Waals surface area contributed by atoms with Crippen LogP contribution in [0.4, 0.5) is 5.95 Å². The van der Waals surface area contributed by atoms with Crippen LogP contribution in [0.5, 0.6) is 0 Å². The maximum atomic E-state index is 5.93. The quantitative estimate of drug-likeness (QED) is 0.880. The topological polar surface area (TPSA) is 55.0 Å². The number of aromatic nitrogens is 2. The summed E-state index contributed by atoms with van der Waals surface area (Å²) in [6.07, 6.45) is 5.56. The van der Waals surface area contributed by atoms with Crippen molar-refractivity contribution < 1.29 is 0 Å². The molecule has 19 heavy (non-hydrogen) atoms. The van der Waals surface area contributed by atoms with Crippen molar-refractivity contribution in [1.29, 1.82) is 0 Å². The van der Waals surface area contributed by atoms with E-state index in [1.165, 1.54) is 5.56 Å². The Bertz CT molecular complexity index is 481. The van der Waals surface area contributed by atoms with Crippen LogP contribution >= 0.6 is 11.3 Å². The van der Waals surface area contributed by atoms with Gasteiger partial charge in [0.2, 0.25) is 5.95 Å². The molecule has 0 aromatic carbocycles. The molecule has 0 bridgehead atoms. The van der Waals surface area contributed by atoms with E-state index in [4.69, 9.17) is 5.73 Å². The number of rotatable bonds is 6. The van der Waals surface area contributed by atoms with Crippen LogP contribution in [0, 0.1) is 0 Å². The Morgan fingerprint density at radius 1 is 1.32 bits per heavy atom. The number of nitrogens with zero attached hydrogens (tertiary/aromatic N) is 3. The smallest absolute Gasteiger partial charge is 0.225 e. The van der Waals surface area contributed by atoms with Crippen molar-refractivity contribution in [3.63, 3.8) is 0 Å². The van der Waals surface area contributed by atoms with Crippen molar-refractivity contribution in [2.75, 3.05) is 11.9 Å². The molecule has 2 heterocycles. The normalized spacial score (nSPS) is 12.4. The highest BCUT2D eigenvalue weighted by atomic mass is 32.1. The van der Waals surface area contributed by atoms with E-state index in [2.05, 4.69) is 33.7 Å². The molecule has 0 saturated heterocycles. The van der Waals surface area contributed by atoms with Gasteiger partial charge in [0.1, 0.15) is 0 Å². The fourth-order valence-electron chi connectivity index (χ4n) is 1.82. The molecule has 0 radical (unpaired) electrons. The highest BCUT2D eigenvalue weighted by Gasteiger charge is 2.07. The van der Waals surface area contributed by atoms with E-state index in [9.17, 15) is 0 Å². The molecule has 0 spiro atoms. The molecule has 5 heteroatoms. The molecule has 0 saturated carbocycles. The number of hydrogen-bond donors (Lipinski definition) is 1. The van der Waals surface area contributed by atoms with Crippen molar-refractivity contribution in [2.24, 2.45) is 5.73 Å². The summed E-state index contributed by atoms with van der Waals surface area (Å²) in [7, 11) is 2.00. The summed E-state index contributed by atoms with van der Waals surface area (Å²) < 4.78 is 0. The van der Waals surface area contributed by atoms with Gasteiger partial charge in [0.25, 0.3) is 0 Å². The zero-order chi connectivity index (χ0) is 13.7. The Morgan fingerprint density at radius 3 is 2.63 bits per heavy atom. The van der Waals surface area contributed by atoms with Gasteiger partial charge in [-0.15, -0.1) is 0 Å². The molecule has 1 unspecified atom stereocenters. The molecule has 2 N–H and O–H groups in total. The van der Waals surface area contributed by atoms with Gasteiger partial charge >= 0.3 is 0 Å². The molecule has 0 aliphatic carbocycles. The first kappa shape index (κ1) is 14.0. The highest BCUT2D eigenvalue weighted by Crippen LogP contribution is 2.13. The maximum Gasteiger partial charge on any atom is 0.225 e. The van der Waals surface area contributed by atoms with E-state index < -0.39 is 0 Å². The van der Waals surface area contributed by atoms with Gasteiger partial charge < -0.3 is 10.6 Å². The Labute approximate surface area is 118 Å². The lowest BCUT2D eigenvalue weighted by Gasteiger charge is -2.16. The minimum atomic E-state index is 0.193. The zero-order valence-electron chi connectivity index (χ0n) is 11.4. The SMILES string of the molecule is CCC(N)Cc1cnc(N(C)Cc2ccsc2)nc1. The first-order valence-electron chi connectivity index (χ1n) is 6.47. The third kappa shape index (κ3) is 4.01. The first-order chi connectivity index (χ1) is 9.19. The average molecular weight is 276 g/mol. The summed E-state index contributed by atoms with van der Waals surface area (Å²) in [5.41, 5.74) is 8.31. The third-order valence-corrected chi connectivity index (χ3v) is 3.79. The monoisotopic (exact) mass is 276 g/mol. The summed E-state index contributed by atoms with van der Waals surface area (Å²) in [6.45, 7) is 2.92. The van der Waals surface area contributed by atoms with Gasteiger partial charge in [0.15, 0.2) is 0 Å². The second kappa shape index (κ2) is 6.63. The van der Waals surface area contributed by atoms with Crippen LogP contribution in [0.15, 0.2) is 29.2 Å². The van der Waals surface area contributed by atoms with Crippen LogP contribution in [-0.4, -0.2) is 23.1 Å². The second-order valence-electron chi connectivity index (χ2n) is 4.75. The van der Waals surface area contributed by atoms with Crippen molar-refractivity contribution in [1.82, 2.24) is 9.97 Å². The van der Waals surface area contributed by atoms with E-state index in [1.807, 2.05) is 24.3 Å². The van der Waals surface area contributed by atoms with Gasteiger partial charge in [-0.3, -0.25) is 0 Å². The number of thiophene rings is 1. The average Bonchev–Trinajstić information content (AvgIpc) is 2.92. The predicted molar refractivity (Wildman–Crippen MR) is 80.4 cm³/mol. The third-order valence-electron chi connectivity index (χ3n) is 3.06. The summed E-state index contributed by atoms with van der Waals surface area (Å²) in [4.78, 5) is 10.9. The maximum absolute atomic E-state index is 5.93. The van der Waals surface area contributed by atoms with E-state index in [1.54, 1.807) is 11.3 Å². The lowest BCUT2D eigenvalue weighted by atomic mass is 10.1. The molecule has 0 amide bonds. The van der Waals surface area contributed by atoms with Gasteiger partial charge in [-0.1, -0.05) is 6.92 Å². The molecule has 4 nitrogen and oxygen atoms in total. The highest BCUT2D eigenvalue weighted by molar-refractivity contribution is 7.07. The number of anilines is 1. The standard InChI is InChI=1S/C14H20N4S/c1-3-13(15)6-12-7-16-14(17-8-12)18(2)9-11-4-5-19-10-11/h4-5,7-8,10,13H,3,6,9,15H2,1-2H3.